The Morgan fingerprint density at radius 2 is 1.60 bits per heavy atom. The van der Waals surface area contributed by atoms with E-state index in [1.165, 1.54) is 0 Å². The Hall–Kier alpha value is -4.22. The van der Waals surface area contributed by atoms with Crippen LogP contribution in [-0.4, -0.2) is 50.9 Å². The zero-order chi connectivity index (χ0) is 32.0. The van der Waals surface area contributed by atoms with E-state index in [1.807, 2.05) is 33.8 Å². The Labute approximate surface area is 276 Å². The molecule has 2 atom stereocenters. The number of fused-ring (bicyclic) bond motifs is 8. The summed E-state index contributed by atoms with van der Waals surface area (Å²) in [6, 6.07) is 5.38. The molecule has 2 aliphatic heterocycles. The van der Waals surface area contributed by atoms with E-state index < -0.39 is 30.2 Å². The van der Waals surface area contributed by atoms with Gasteiger partial charge < -0.3 is 39.7 Å². The number of hydrogen-bond acceptors (Lipinski definition) is 8. The smallest absolute Gasteiger partial charge is 0.657 e. The molecule has 10 nitrogen and oxygen atoms in total. The largest absolute Gasteiger partial charge is 2.00 e. The van der Waals surface area contributed by atoms with Crippen molar-refractivity contribution in [2.45, 2.75) is 72.1 Å². The van der Waals surface area contributed by atoms with Gasteiger partial charge in [0, 0.05) is 47.2 Å². The molecule has 0 N–H and O–H groups in total. The number of hydrogen-bond donors (Lipinski definition) is 0. The van der Waals surface area contributed by atoms with Gasteiger partial charge in [0.05, 0.1) is 17.4 Å². The number of aliphatic carboxylic acids is 2. The van der Waals surface area contributed by atoms with Crippen molar-refractivity contribution < 1.29 is 29.7 Å². The Morgan fingerprint density at radius 1 is 0.911 bits per heavy atom. The first-order valence-electron chi connectivity index (χ1n) is 14.5. The van der Waals surface area contributed by atoms with Crippen LogP contribution in [0.3, 0.4) is 0 Å². The van der Waals surface area contributed by atoms with E-state index in [0.29, 0.717) is 40.1 Å². The van der Waals surface area contributed by atoms with Crippen molar-refractivity contribution in [3.05, 3.63) is 81.4 Å². The Kier molecular flexibility index (Phi) is 9.74. The number of aromatic nitrogens is 4. The van der Waals surface area contributed by atoms with Crippen LogP contribution in [0.5, 0.6) is 0 Å². The number of rotatable bonds is 8. The fraction of sp³-hybridized carbons (Fsp3) is 0.324. The summed E-state index contributed by atoms with van der Waals surface area (Å²) in [5.74, 6) is -5.20. The maximum atomic E-state index is 12.5. The van der Waals surface area contributed by atoms with E-state index in [0.717, 1.165) is 22.3 Å². The van der Waals surface area contributed by atoms with Gasteiger partial charge in [-0.1, -0.05) is 55.3 Å². The summed E-state index contributed by atoms with van der Waals surface area (Å²) < 4.78 is 0. The van der Waals surface area contributed by atoms with Crippen LogP contribution in [0.15, 0.2) is 30.9 Å². The minimum absolute atomic E-state index is 0. The third-order valence-corrected chi connectivity index (χ3v) is 8.76. The summed E-state index contributed by atoms with van der Waals surface area (Å²) in [5, 5.41) is 36.1. The van der Waals surface area contributed by atoms with Gasteiger partial charge in [0.25, 0.3) is 0 Å². The van der Waals surface area contributed by atoms with Crippen LogP contribution in [0.2, 0.25) is 0 Å². The van der Waals surface area contributed by atoms with Crippen molar-refractivity contribution in [3.63, 3.8) is 0 Å². The van der Waals surface area contributed by atoms with Crippen molar-refractivity contribution >= 4 is 74.2 Å². The van der Waals surface area contributed by atoms with E-state index in [-0.39, 0.29) is 69.7 Å². The topological polar surface area (TPSA) is 174 Å². The summed E-state index contributed by atoms with van der Waals surface area (Å²) >= 11 is 0. The maximum Gasteiger partial charge on any atom is 2.00 e. The number of carbonyl (C=O) groups excluding carboxylic acids is 3. The van der Waals surface area contributed by atoms with Gasteiger partial charge in [-0.25, -0.2) is 4.98 Å². The van der Waals surface area contributed by atoms with Gasteiger partial charge >= 0.3 is 23.1 Å². The number of carboxylic acids is 3. The van der Waals surface area contributed by atoms with Gasteiger partial charge in [0.15, 0.2) is 0 Å². The molecule has 5 heterocycles. The van der Waals surface area contributed by atoms with Crippen LogP contribution in [-0.2, 0) is 22.4 Å². The normalized spacial score (nSPS) is 15.9. The van der Waals surface area contributed by atoms with Crippen LogP contribution >= 0.6 is 0 Å². The van der Waals surface area contributed by atoms with E-state index in [2.05, 4.69) is 11.6 Å². The van der Waals surface area contributed by atoms with Crippen molar-refractivity contribution in [1.29, 1.82) is 0 Å². The van der Waals surface area contributed by atoms with Crippen LogP contribution in [0, 0.1) is 13.8 Å². The molecule has 11 heteroatoms. The molecular weight excluding hydrogens is 585 g/mol. The Morgan fingerprint density at radius 3 is 2.20 bits per heavy atom. The number of carbonyl (C=O) groups is 3. The molecule has 2 aliphatic rings. The van der Waals surface area contributed by atoms with Crippen molar-refractivity contribution in [1.82, 2.24) is 19.9 Å². The molecule has 228 valence electrons. The SMILES string of the molecule is C=CC1=C(C)c2cc3nc(c(CC(=O)[O-])c4[n-]c(cc5[n-]c(cc1n2)c(C)c5CC)c(C)c4C(=O)[O-])C(CCC(=O)[O-])C3C.[Mg+2]. The first-order valence-corrected chi connectivity index (χ1v) is 14.5. The molecule has 0 fully saturated rings. The summed E-state index contributed by atoms with van der Waals surface area (Å²) in [4.78, 5) is 55.4. The van der Waals surface area contributed by atoms with E-state index in [4.69, 9.17) is 15.0 Å². The van der Waals surface area contributed by atoms with E-state index in [9.17, 15) is 29.7 Å². The Bertz CT molecular complexity index is 1950. The third kappa shape index (κ3) is 6.06. The molecule has 0 aliphatic carbocycles. The number of allylic oxidation sites excluding steroid dienone is 3. The number of aryl methyl sites for hydroxylation is 3. The second-order valence-electron chi connectivity index (χ2n) is 11.3. The molecule has 0 aromatic carbocycles. The molecule has 45 heavy (non-hydrogen) atoms. The van der Waals surface area contributed by atoms with Gasteiger partial charge in [-0.05, 0) is 62.8 Å². The van der Waals surface area contributed by atoms with Gasteiger partial charge in [0.2, 0.25) is 0 Å². The monoisotopic (exact) mass is 615 g/mol. The molecule has 0 saturated heterocycles. The standard InChI is InChI=1S/C34H36N4O6.Mg/c1-7-19-15(3)23-12-25-17(5)21(9-10-29(39)40)32(37-25)22(11-30(41)42)33-31(34(43)44)18(6)26(38-33)14-28-20(8-2)16(4)24(36-28)13-27(19)35-23;/h7,12-14,17,21H,1,8-11H2,2-6H3,(H5,35,36,37,38,39,40,41,42,43,44);/q;+2/p-5. The minimum Gasteiger partial charge on any atom is -0.657 e. The summed E-state index contributed by atoms with van der Waals surface area (Å²) in [6.07, 6.45) is 1.46. The van der Waals surface area contributed by atoms with Crippen LogP contribution in [0.4, 0.5) is 0 Å². The molecule has 3 aromatic heterocycles. The molecule has 2 unspecified atom stereocenters. The minimum atomic E-state index is -1.52. The predicted molar refractivity (Wildman–Crippen MR) is 165 cm³/mol. The van der Waals surface area contributed by atoms with Gasteiger partial charge in [0.1, 0.15) is 0 Å². The summed E-state index contributed by atoms with van der Waals surface area (Å²) in [5.41, 5.74) is 7.22. The quantitative estimate of drug-likeness (QED) is 0.338. The maximum absolute atomic E-state index is 12.5. The Balaban J connectivity index is 0.00000461. The van der Waals surface area contributed by atoms with Gasteiger partial charge in [-0.3, -0.25) is 4.98 Å². The molecular formula is C34H31MgN4O6-3. The van der Waals surface area contributed by atoms with Crippen LogP contribution < -0.4 is 25.3 Å². The fourth-order valence-electron chi connectivity index (χ4n) is 6.34. The van der Waals surface area contributed by atoms with E-state index in [1.54, 1.807) is 25.1 Å². The molecule has 0 spiro atoms. The molecule has 5 rings (SSSR count). The van der Waals surface area contributed by atoms with Crippen molar-refractivity contribution in [3.8, 4) is 0 Å². The average molecular weight is 616 g/mol. The number of carboxylic acid groups (broad SMARTS) is 3. The molecule has 0 amide bonds. The molecule has 8 bridgehead atoms. The zero-order valence-corrected chi connectivity index (χ0v) is 27.4. The average Bonchev–Trinajstić information content (AvgIpc) is 3.63. The summed E-state index contributed by atoms with van der Waals surface area (Å²) in [6.45, 7) is 13.3. The van der Waals surface area contributed by atoms with Gasteiger partial charge in [-0.15, -0.1) is 22.1 Å². The molecule has 0 saturated carbocycles. The van der Waals surface area contributed by atoms with E-state index >= 15 is 0 Å². The van der Waals surface area contributed by atoms with Crippen LogP contribution in [0.25, 0.3) is 33.2 Å². The number of aromatic carboxylic acids is 1. The first kappa shape index (κ1) is 33.7. The summed E-state index contributed by atoms with van der Waals surface area (Å²) in [7, 11) is 0. The third-order valence-electron chi connectivity index (χ3n) is 8.76. The second kappa shape index (κ2) is 13.0. The first-order chi connectivity index (χ1) is 20.9. The number of nitrogens with zero attached hydrogens (tertiary/aromatic N) is 4. The second-order valence-corrected chi connectivity index (χ2v) is 11.3. The van der Waals surface area contributed by atoms with Gasteiger partial charge in [-0.2, -0.15) is 0 Å². The predicted octanol–water partition coefficient (Wildman–Crippen LogP) is 1.56. The molecule has 0 radical (unpaired) electrons. The zero-order valence-electron chi connectivity index (χ0n) is 25.9. The van der Waals surface area contributed by atoms with Crippen LogP contribution in [0.1, 0.15) is 101 Å². The fourth-order valence-corrected chi connectivity index (χ4v) is 6.34. The van der Waals surface area contributed by atoms with Crippen molar-refractivity contribution in [2.24, 2.45) is 0 Å². The molecule has 3 aromatic rings. The van der Waals surface area contributed by atoms with Crippen molar-refractivity contribution in [2.75, 3.05) is 0 Å².